The molecule has 0 saturated carbocycles. The van der Waals surface area contributed by atoms with E-state index in [1.54, 1.807) is 0 Å². The summed E-state index contributed by atoms with van der Waals surface area (Å²) in [6.45, 7) is 3.96. The average molecular weight is 403 g/mol. The molecule has 1 aromatic carbocycles. The van der Waals surface area contributed by atoms with Gasteiger partial charge in [-0.1, -0.05) is 25.6 Å². The fourth-order valence-electron chi connectivity index (χ4n) is 1.37. The number of hydrogen-bond acceptors (Lipinski definition) is 5. The molecule has 1 N–H and O–H groups in total. The van der Waals surface area contributed by atoms with E-state index in [1.165, 1.54) is 11.8 Å². The number of nitrogens with one attached hydrogen (secondary N) is 1. The Kier molecular flexibility index (Phi) is 5.41. The zero-order chi connectivity index (χ0) is 14.5. The van der Waals surface area contributed by atoms with Crippen LogP contribution in [0.1, 0.15) is 25.7 Å². The Morgan fingerprint density at radius 2 is 2.05 bits per heavy atom. The summed E-state index contributed by atoms with van der Waals surface area (Å²) in [5, 5.41) is 11.0. The molecule has 5 nitrogen and oxygen atoms in total. The van der Waals surface area contributed by atoms with E-state index in [0.29, 0.717) is 11.1 Å². The van der Waals surface area contributed by atoms with Crippen LogP contribution in [0.4, 0.5) is 5.69 Å². The number of carbonyl (C=O) groups excluding carboxylic acids is 1. The second-order valence-corrected chi connectivity index (χ2v) is 6.58. The highest BCUT2D eigenvalue weighted by atomic mass is 127. The second-order valence-electron chi connectivity index (χ2n) is 4.40. The number of amides is 1. The first kappa shape index (κ1) is 15.3. The molecule has 2 aromatic rings. The number of hydrogen-bond donors (Lipinski definition) is 1. The van der Waals surface area contributed by atoms with Crippen LogP contribution in [-0.2, 0) is 4.79 Å². The van der Waals surface area contributed by atoms with Crippen LogP contribution in [0.25, 0.3) is 0 Å². The Bertz CT molecular complexity index is 584. The highest BCUT2D eigenvalue weighted by Gasteiger charge is 2.11. The van der Waals surface area contributed by atoms with Gasteiger partial charge in [-0.2, -0.15) is 0 Å². The fourth-order valence-corrected chi connectivity index (χ4v) is 2.30. The van der Waals surface area contributed by atoms with Gasteiger partial charge < -0.3 is 9.73 Å². The minimum Gasteiger partial charge on any atom is -0.416 e. The maximum absolute atomic E-state index is 11.8. The van der Waals surface area contributed by atoms with Crippen molar-refractivity contribution < 1.29 is 9.21 Å². The van der Waals surface area contributed by atoms with Gasteiger partial charge in [0.2, 0.25) is 11.8 Å². The van der Waals surface area contributed by atoms with Gasteiger partial charge in [0.15, 0.2) is 0 Å². The van der Waals surface area contributed by atoms with Crippen molar-refractivity contribution in [2.45, 2.75) is 25.0 Å². The zero-order valence-electron chi connectivity index (χ0n) is 11.1. The van der Waals surface area contributed by atoms with Crippen molar-refractivity contribution in [1.82, 2.24) is 10.2 Å². The molecule has 0 aliphatic carbocycles. The minimum atomic E-state index is -0.0968. The molecule has 0 aliphatic heterocycles. The summed E-state index contributed by atoms with van der Waals surface area (Å²) in [6, 6.07) is 7.62. The van der Waals surface area contributed by atoms with Crippen LogP contribution >= 0.6 is 34.4 Å². The number of benzene rings is 1. The predicted molar refractivity (Wildman–Crippen MR) is 86.9 cm³/mol. The summed E-state index contributed by atoms with van der Waals surface area (Å²) in [6.07, 6.45) is 0. The SMILES string of the molecule is CC(C)c1nnc(SCC(=O)Nc2ccc(I)cc2)o1. The predicted octanol–water partition coefficient (Wildman–Crippen LogP) is 3.53. The lowest BCUT2D eigenvalue weighted by atomic mass is 10.2. The molecular weight excluding hydrogens is 389 g/mol. The average Bonchev–Trinajstić information content (AvgIpc) is 2.88. The first-order valence-corrected chi connectivity index (χ1v) is 8.12. The third-order valence-electron chi connectivity index (χ3n) is 2.37. The molecule has 7 heteroatoms. The van der Waals surface area contributed by atoms with Crippen molar-refractivity contribution in [2.75, 3.05) is 11.1 Å². The summed E-state index contributed by atoms with van der Waals surface area (Å²) in [4.78, 5) is 11.8. The van der Waals surface area contributed by atoms with Gasteiger partial charge in [0.25, 0.3) is 5.22 Å². The lowest BCUT2D eigenvalue weighted by Crippen LogP contribution is -2.13. The van der Waals surface area contributed by atoms with Crippen molar-refractivity contribution in [2.24, 2.45) is 0 Å². The molecule has 1 aromatic heterocycles. The number of rotatable bonds is 5. The molecule has 0 aliphatic rings. The van der Waals surface area contributed by atoms with Crippen LogP contribution < -0.4 is 5.32 Å². The van der Waals surface area contributed by atoms with E-state index in [-0.39, 0.29) is 17.6 Å². The minimum absolute atomic E-state index is 0.0968. The van der Waals surface area contributed by atoms with Crippen molar-refractivity contribution in [1.29, 1.82) is 0 Å². The van der Waals surface area contributed by atoms with Crippen molar-refractivity contribution in [3.63, 3.8) is 0 Å². The van der Waals surface area contributed by atoms with Gasteiger partial charge >= 0.3 is 0 Å². The van der Waals surface area contributed by atoms with E-state index in [9.17, 15) is 4.79 Å². The van der Waals surface area contributed by atoms with E-state index in [4.69, 9.17) is 4.42 Å². The van der Waals surface area contributed by atoms with E-state index in [0.717, 1.165) is 9.26 Å². The van der Waals surface area contributed by atoms with Crippen LogP contribution in [0.3, 0.4) is 0 Å². The lowest BCUT2D eigenvalue weighted by molar-refractivity contribution is -0.113. The monoisotopic (exact) mass is 403 g/mol. The highest BCUT2D eigenvalue weighted by Crippen LogP contribution is 2.20. The van der Waals surface area contributed by atoms with Crippen molar-refractivity contribution in [3.8, 4) is 0 Å². The molecule has 2 rings (SSSR count). The van der Waals surface area contributed by atoms with Gasteiger partial charge in [0, 0.05) is 15.2 Å². The van der Waals surface area contributed by atoms with E-state index < -0.39 is 0 Å². The van der Waals surface area contributed by atoms with Crippen LogP contribution in [0.15, 0.2) is 33.9 Å². The Morgan fingerprint density at radius 1 is 1.35 bits per heavy atom. The van der Waals surface area contributed by atoms with Gasteiger partial charge in [-0.05, 0) is 46.9 Å². The quantitative estimate of drug-likeness (QED) is 0.611. The summed E-state index contributed by atoms with van der Waals surface area (Å²) in [7, 11) is 0. The Balaban J connectivity index is 1.84. The third-order valence-corrected chi connectivity index (χ3v) is 3.91. The second kappa shape index (κ2) is 7.07. The summed E-state index contributed by atoms with van der Waals surface area (Å²) in [5.74, 6) is 0.926. The molecule has 0 spiro atoms. The van der Waals surface area contributed by atoms with E-state index in [2.05, 4.69) is 38.1 Å². The Labute approximate surface area is 135 Å². The summed E-state index contributed by atoms with van der Waals surface area (Å²) >= 11 is 3.45. The summed E-state index contributed by atoms with van der Waals surface area (Å²) < 4.78 is 6.55. The molecule has 1 amide bonds. The smallest absolute Gasteiger partial charge is 0.277 e. The zero-order valence-corrected chi connectivity index (χ0v) is 14.1. The van der Waals surface area contributed by atoms with Gasteiger partial charge in [0.05, 0.1) is 5.75 Å². The summed E-state index contributed by atoms with van der Waals surface area (Å²) in [5.41, 5.74) is 0.782. The normalized spacial score (nSPS) is 10.8. The largest absolute Gasteiger partial charge is 0.416 e. The highest BCUT2D eigenvalue weighted by molar-refractivity contribution is 14.1. The molecule has 0 bridgehead atoms. The van der Waals surface area contributed by atoms with Gasteiger partial charge in [-0.15, -0.1) is 10.2 Å². The molecular formula is C13H14IN3O2S. The molecule has 0 saturated heterocycles. The molecule has 0 radical (unpaired) electrons. The number of nitrogens with zero attached hydrogens (tertiary/aromatic N) is 2. The lowest BCUT2D eigenvalue weighted by Gasteiger charge is -2.03. The molecule has 0 atom stereocenters. The number of carbonyl (C=O) groups is 1. The van der Waals surface area contributed by atoms with E-state index in [1.807, 2.05) is 38.1 Å². The Morgan fingerprint density at radius 3 is 2.65 bits per heavy atom. The standard InChI is InChI=1S/C13H14IN3O2S/c1-8(2)12-16-17-13(19-12)20-7-11(18)15-10-5-3-9(14)4-6-10/h3-6,8H,7H2,1-2H3,(H,15,18). The fraction of sp³-hybridized carbons (Fsp3) is 0.308. The van der Waals surface area contributed by atoms with Crippen molar-refractivity contribution >= 4 is 45.9 Å². The molecule has 1 heterocycles. The maximum atomic E-state index is 11.8. The van der Waals surface area contributed by atoms with E-state index >= 15 is 0 Å². The molecule has 0 fully saturated rings. The number of halogens is 1. The van der Waals surface area contributed by atoms with Crippen LogP contribution in [0.2, 0.25) is 0 Å². The topological polar surface area (TPSA) is 68.0 Å². The third kappa shape index (κ3) is 4.48. The van der Waals surface area contributed by atoms with Crippen LogP contribution in [-0.4, -0.2) is 21.9 Å². The van der Waals surface area contributed by atoms with Gasteiger partial charge in [0.1, 0.15) is 0 Å². The molecule has 0 unspecified atom stereocenters. The van der Waals surface area contributed by atoms with Crippen molar-refractivity contribution in [3.05, 3.63) is 33.7 Å². The van der Waals surface area contributed by atoms with Crippen LogP contribution in [0.5, 0.6) is 0 Å². The molecule has 20 heavy (non-hydrogen) atoms. The Hall–Kier alpha value is -1.09. The first-order chi connectivity index (χ1) is 9.54. The number of anilines is 1. The maximum Gasteiger partial charge on any atom is 0.277 e. The number of aromatic nitrogens is 2. The van der Waals surface area contributed by atoms with Gasteiger partial charge in [-0.3, -0.25) is 4.79 Å². The molecule has 106 valence electrons. The first-order valence-electron chi connectivity index (χ1n) is 6.06. The number of thioether (sulfide) groups is 1. The van der Waals surface area contributed by atoms with Gasteiger partial charge in [-0.25, -0.2) is 0 Å². The van der Waals surface area contributed by atoms with Crippen LogP contribution in [0, 0.1) is 3.57 Å².